The maximum atomic E-state index is 12.5. The SMILES string of the molecule is CCCCNC(=O)c1ccc(-c2cc(C)c(=O)n(Cc3ccc(Cl)cc3)n2)cc1. The Morgan fingerprint density at radius 3 is 2.45 bits per heavy atom. The number of aromatic nitrogens is 2. The normalized spacial score (nSPS) is 10.7. The predicted octanol–water partition coefficient (Wildman–Crippen LogP) is 4.45. The molecule has 3 rings (SSSR count). The molecule has 0 aliphatic rings. The van der Waals surface area contributed by atoms with Gasteiger partial charge in [-0.25, -0.2) is 4.68 Å². The molecule has 6 heteroatoms. The van der Waals surface area contributed by atoms with Crippen molar-refractivity contribution in [3.63, 3.8) is 0 Å². The third-order valence-corrected chi connectivity index (χ3v) is 4.91. The summed E-state index contributed by atoms with van der Waals surface area (Å²) in [7, 11) is 0. The first-order valence-corrected chi connectivity index (χ1v) is 10.1. The zero-order valence-electron chi connectivity index (χ0n) is 16.6. The van der Waals surface area contributed by atoms with E-state index in [1.54, 1.807) is 37.3 Å². The number of nitrogens with one attached hydrogen (secondary N) is 1. The lowest BCUT2D eigenvalue weighted by atomic mass is 10.1. The molecule has 0 fully saturated rings. The van der Waals surface area contributed by atoms with Gasteiger partial charge < -0.3 is 5.32 Å². The van der Waals surface area contributed by atoms with Crippen LogP contribution in [0.4, 0.5) is 0 Å². The molecule has 2 aromatic carbocycles. The molecular formula is C23H24ClN3O2. The summed E-state index contributed by atoms with van der Waals surface area (Å²) in [5.41, 5.74) is 3.58. The van der Waals surface area contributed by atoms with Crippen molar-refractivity contribution in [2.24, 2.45) is 0 Å². The van der Waals surface area contributed by atoms with E-state index in [4.69, 9.17) is 11.6 Å². The smallest absolute Gasteiger partial charge is 0.270 e. The minimum Gasteiger partial charge on any atom is -0.352 e. The molecular weight excluding hydrogens is 386 g/mol. The molecule has 0 saturated heterocycles. The van der Waals surface area contributed by atoms with Crippen LogP contribution in [0.3, 0.4) is 0 Å². The van der Waals surface area contributed by atoms with E-state index >= 15 is 0 Å². The van der Waals surface area contributed by atoms with Crippen LogP contribution in [0.1, 0.15) is 41.3 Å². The van der Waals surface area contributed by atoms with E-state index in [1.165, 1.54) is 4.68 Å². The van der Waals surface area contributed by atoms with Gasteiger partial charge in [-0.3, -0.25) is 9.59 Å². The minimum atomic E-state index is -0.129. The molecule has 0 spiro atoms. The highest BCUT2D eigenvalue weighted by Crippen LogP contribution is 2.18. The molecule has 0 saturated carbocycles. The van der Waals surface area contributed by atoms with Gasteiger partial charge in [0.2, 0.25) is 0 Å². The Kier molecular flexibility index (Phi) is 6.83. The number of halogens is 1. The molecule has 0 atom stereocenters. The summed E-state index contributed by atoms with van der Waals surface area (Å²) in [6.45, 7) is 4.90. The number of hydrogen-bond acceptors (Lipinski definition) is 3. The van der Waals surface area contributed by atoms with Crippen LogP contribution in [0.2, 0.25) is 5.02 Å². The summed E-state index contributed by atoms with van der Waals surface area (Å²) in [6.07, 6.45) is 2.00. The molecule has 0 aliphatic heterocycles. The van der Waals surface area contributed by atoms with Gasteiger partial charge in [-0.1, -0.05) is 49.2 Å². The summed E-state index contributed by atoms with van der Waals surface area (Å²) in [5.74, 6) is -0.0816. The highest BCUT2D eigenvalue weighted by molar-refractivity contribution is 6.30. The number of rotatable bonds is 7. The Balaban J connectivity index is 1.83. The third kappa shape index (κ3) is 5.33. The number of benzene rings is 2. The van der Waals surface area contributed by atoms with Gasteiger partial charge in [0, 0.05) is 28.3 Å². The summed E-state index contributed by atoms with van der Waals surface area (Å²) >= 11 is 5.93. The van der Waals surface area contributed by atoms with Gasteiger partial charge in [0.1, 0.15) is 0 Å². The van der Waals surface area contributed by atoms with Crippen molar-refractivity contribution >= 4 is 17.5 Å². The number of aryl methyl sites for hydroxylation is 1. The molecule has 0 aliphatic carbocycles. The van der Waals surface area contributed by atoms with Gasteiger partial charge in [-0.05, 0) is 49.2 Å². The monoisotopic (exact) mass is 409 g/mol. The van der Waals surface area contributed by atoms with E-state index < -0.39 is 0 Å². The molecule has 1 N–H and O–H groups in total. The van der Waals surface area contributed by atoms with Crippen LogP contribution in [0, 0.1) is 6.92 Å². The van der Waals surface area contributed by atoms with Crippen LogP contribution in [-0.4, -0.2) is 22.2 Å². The number of nitrogens with zero attached hydrogens (tertiary/aromatic N) is 2. The maximum Gasteiger partial charge on any atom is 0.270 e. The van der Waals surface area contributed by atoms with Crippen molar-refractivity contribution in [3.8, 4) is 11.3 Å². The van der Waals surface area contributed by atoms with Crippen molar-refractivity contribution in [1.82, 2.24) is 15.1 Å². The first-order chi connectivity index (χ1) is 14.0. The fraction of sp³-hybridized carbons (Fsp3) is 0.261. The quantitative estimate of drug-likeness (QED) is 0.586. The van der Waals surface area contributed by atoms with Crippen LogP contribution in [0.25, 0.3) is 11.3 Å². The van der Waals surface area contributed by atoms with Crippen LogP contribution in [0.15, 0.2) is 59.4 Å². The van der Waals surface area contributed by atoms with Crippen molar-refractivity contribution < 1.29 is 4.79 Å². The lowest BCUT2D eigenvalue weighted by Gasteiger charge is -2.10. The van der Waals surface area contributed by atoms with Crippen LogP contribution in [0.5, 0.6) is 0 Å². The average Bonchev–Trinajstić information content (AvgIpc) is 2.73. The number of carbonyl (C=O) groups excluding carboxylic acids is 1. The van der Waals surface area contributed by atoms with Crippen molar-refractivity contribution in [1.29, 1.82) is 0 Å². The first kappa shape index (κ1) is 20.8. The van der Waals surface area contributed by atoms with Gasteiger partial charge >= 0.3 is 0 Å². The Morgan fingerprint density at radius 1 is 1.10 bits per heavy atom. The largest absolute Gasteiger partial charge is 0.352 e. The fourth-order valence-electron chi connectivity index (χ4n) is 2.96. The fourth-order valence-corrected chi connectivity index (χ4v) is 3.08. The Morgan fingerprint density at radius 2 is 1.79 bits per heavy atom. The molecule has 0 bridgehead atoms. The molecule has 29 heavy (non-hydrogen) atoms. The van der Waals surface area contributed by atoms with E-state index in [0.29, 0.717) is 34.9 Å². The van der Waals surface area contributed by atoms with Crippen molar-refractivity contribution in [2.75, 3.05) is 6.54 Å². The van der Waals surface area contributed by atoms with E-state index in [-0.39, 0.29) is 11.5 Å². The van der Waals surface area contributed by atoms with Gasteiger partial charge in [-0.2, -0.15) is 5.10 Å². The second-order valence-electron chi connectivity index (χ2n) is 6.99. The van der Waals surface area contributed by atoms with E-state index in [9.17, 15) is 9.59 Å². The molecule has 1 amide bonds. The summed E-state index contributed by atoms with van der Waals surface area (Å²) in [6, 6.07) is 16.4. The number of hydrogen-bond donors (Lipinski definition) is 1. The Labute approximate surface area is 175 Å². The molecule has 0 radical (unpaired) electrons. The van der Waals surface area contributed by atoms with Gasteiger partial charge in [0.15, 0.2) is 0 Å². The molecule has 1 heterocycles. The standard InChI is InChI=1S/C23H24ClN3O2/c1-3-4-13-25-22(28)19-9-7-18(8-10-19)21-14-16(2)23(29)27(26-21)15-17-5-11-20(24)12-6-17/h5-12,14H,3-4,13,15H2,1-2H3,(H,25,28). The second kappa shape index (κ2) is 9.52. The zero-order chi connectivity index (χ0) is 20.8. The lowest BCUT2D eigenvalue weighted by molar-refractivity contribution is 0.0953. The average molecular weight is 410 g/mol. The highest BCUT2D eigenvalue weighted by atomic mass is 35.5. The van der Waals surface area contributed by atoms with Gasteiger partial charge in [0.25, 0.3) is 11.5 Å². The predicted molar refractivity (Wildman–Crippen MR) is 116 cm³/mol. The number of carbonyl (C=O) groups is 1. The van der Waals surface area contributed by atoms with Crippen molar-refractivity contribution in [3.05, 3.63) is 86.7 Å². The molecule has 5 nitrogen and oxygen atoms in total. The zero-order valence-corrected chi connectivity index (χ0v) is 17.4. The van der Waals surface area contributed by atoms with Crippen LogP contribution in [-0.2, 0) is 6.54 Å². The molecule has 150 valence electrons. The van der Waals surface area contributed by atoms with Gasteiger partial charge in [0.05, 0.1) is 12.2 Å². The summed E-state index contributed by atoms with van der Waals surface area (Å²) in [4.78, 5) is 24.7. The van der Waals surface area contributed by atoms with Crippen LogP contribution < -0.4 is 10.9 Å². The third-order valence-electron chi connectivity index (χ3n) is 4.66. The maximum absolute atomic E-state index is 12.5. The minimum absolute atomic E-state index is 0.0816. The summed E-state index contributed by atoms with van der Waals surface area (Å²) < 4.78 is 1.46. The molecule has 3 aromatic rings. The van der Waals surface area contributed by atoms with E-state index in [2.05, 4.69) is 17.3 Å². The topological polar surface area (TPSA) is 64.0 Å². The highest BCUT2D eigenvalue weighted by Gasteiger charge is 2.10. The Hall–Kier alpha value is -2.92. The Bertz CT molecular complexity index is 1040. The first-order valence-electron chi connectivity index (χ1n) is 9.69. The molecule has 1 aromatic heterocycles. The van der Waals surface area contributed by atoms with E-state index in [1.807, 2.05) is 24.3 Å². The number of unbranched alkanes of at least 4 members (excludes halogenated alkanes) is 1. The lowest BCUT2D eigenvalue weighted by Crippen LogP contribution is -2.26. The van der Waals surface area contributed by atoms with E-state index in [0.717, 1.165) is 24.0 Å². The second-order valence-corrected chi connectivity index (χ2v) is 7.43. The molecule has 0 unspecified atom stereocenters. The van der Waals surface area contributed by atoms with Crippen molar-refractivity contribution in [2.45, 2.75) is 33.2 Å². The summed E-state index contributed by atoms with van der Waals surface area (Å²) in [5, 5.41) is 8.08. The van der Waals surface area contributed by atoms with Crippen LogP contribution >= 0.6 is 11.6 Å². The number of amides is 1. The van der Waals surface area contributed by atoms with Gasteiger partial charge in [-0.15, -0.1) is 0 Å².